The topological polar surface area (TPSA) is 80.3 Å². The minimum atomic E-state index is -0.272. The van der Waals surface area contributed by atoms with E-state index in [2.05, 4.69) is 15.6 Å². The van der Waals surface area contributed by atoms with E-state index in [-0.39, 0.29) is 25.0 Å². The van der Waals surface area contributed by atoms with Crippen molar-refractivity contribution in [3.8, 4) is 5.75 Å². The van der Waals surface area contributed by atoms with Crippen LogP contribution in [0.4, 0.5) is 5.69 Å². The maximum absolute atomic E-state index is 12.2. The highest BCUT2D eigenvalue weighted by Crippen LogP contribution is 2.16. The molecule has 28 heavy (non-hydrogen) atoms. The predicted molar refractivity (Wildman–Crippen MR) is 107 cm³/mol. The first kappa shape index (κ1) is 19.1. The van der Waals surface area contributed by atoms with Crippen LogP contribution in [-0.4, -0.2) is 23.4 Å². The van der Waals surface area contributed by atoms with E-state index in [9.17, 15) is 9.59 Å². The Labute approximate surface area is 163 Å². The minimum absolute atomic E-state index is 0.0978. The third-order valence-corrected chi connectivity index (χ3v) is 4.05. The molecule has 0 aliphatic carbocycles. The van der Waals surface area contributed by atoms with Crippen LogP contribution in [0.5, 0.6) is 5.75 Å². The van der Waals surface area contributed by atoms with E-state index < -0.39 is 0 Å². The van der Waals surface area contributed by atoms with Gasteiger partial charge in [-0.1, -0.05) is 35.9 Å². The van der Waals surface area contributed by atoms with Gasteiger partial charge >= 0.3 is 0 Å². The van der Waals surface area contributed by atoms with Gasteiger partial charge in [-0.3, -0.25) is 14.6 Å². The van der Waals surface area contributed by atoms with Gasteiger partial charge in [0.25, 0.3) is 11.8 Å². The van der Waals surface area contributed by atoms with Crippen LogP contribution in [0.2, 0.25) is 0 Å². The molecule has 0 atom stereocenters. The van der Waals surface area contributed by atoms with Crippen LogP contribution in [0.15, 0.2) is 73.1 Å². The van der Waals surface area contributed by atoms with Crippen molar-refractivity contribution in [1.82, 2.24) is 10.3 Å². The molecule has 2 amide bonds. The van der Waals surface area contributed by atoms with Gasteiger partial charge in [-0.25, -0.2) is 0 Å². The molecule has 0 spiro atoms. The number of anilines is 1. The quantitative estimate of drug-likeness (QED) is 0.664. The molecule has 0 unspecified atom stereocenters. The first-order valence-corrected chi connectivity index (χ1v) is 8.87. The van der Waals surface area contributed by atoms with E-state index >= 15 is 0 Å². The Morgan fingerprint density at radius 1 is 1.00 bits per heavy atom. The molecule has 0 saturated heterocycles. The number of nitrogens with zero attached hydrogens (tertiary/aromatic N) is 1. The van der Waals surface area contributed by atoms with Gasteiger partial charge in [-0.2, -0.15) is 0 Å². The van der Waals surface area contributed by atoms with Gasteiger partial charge in [-0.05, 0) is 42.8 Å². The van der Waals surface area contributed by atoms with E-state index in [0.29, 0.717) is 17.0 Å². The second-order valence-electron chi connectivity index (χ2n) is 6.23. The number of pyridine rings is 1. The van der Waals surface area contributed by atoms with Crippen LogP contribution < -0.4 is 15.4 Å². The monoisotopic (exact) mass is 375 g/mol. The lowest BCUT2D eigenvalue weighted by molar-refractivity contribution is -0.118. The molecule has 6 nitrogen and oxygen atoms in total. The van der Waals surface area contributed by atoms with Crippen molar-refractivity contribution < 1.29 is 14.3 Å². The first-order chi connectivity index (χ1) is 13.6. The third-order valence-electron chi connectivity index (χ3n) is 4.05. The second kappa shape index (κ2) is 9.32. The van der Waals surface area contributed by atoms with Crippen molar-refractivity contribution in [2.75, 3.05) is 11.9 Å². The van der Waals surface area contributed by atoms with Gasteiger partial charge < -0.3 is 15.4 Å². The van der Waals surface area contributed by atoms with Crippen molar-refractivity contribution in [1.29, 1.82) is 0 Å². The number of carbonyl (C=O) groups is 2. The second-order valence-corrected chi connectivity index (χ2v) is 6.23. The van der Waals surface area contributed by atoms with Gasteiger partial charge in [0.15, 0.2) is 6.61 Å². The number of rotatable bonds is 7. The molecule has 0 radical (unpaired) electrons. The largest absolute Gasteiger partial charge is 0.484 e. The van der Waals surface area contributed by atoms with Crippen LogP contribution in [-0.2, 0) is 11.3 Å². The number of nitrogens with one attached hydrogen (secondary N) is 2. The number of amides is 2. The smallest absolute Gasteiger partial charge is 0.262 e. The number of aryl methyl sites for hydroxylation is 1. The van der Waals surface area contributed by atoms with Crippen LogP contribution in [0.1, 0.15) is 21.5 Å². The molecule has 1 aromatic heterocycles. The Morgan fingerprint density at radius 2 is 1.79 bits per heavy atom. The normalized spacial score (nSPS) is 10.2. The van der Waals surface area contributed by atoms with Crippen LogP contribution in [0.3, 0.4) is 0 Å². The Kier molecular flexibility index (Phi) is 6.36. The zero-order valence-corrected chi connectivity index (χ0v) is 15.5. The van der Waals surface area contributed by atoms with Crippen molar-refractivity contribution in [3.63, 3.8) is 0 Å². The molecule has 3 aromatic rings. The number of aromatic nitrogens is 1. The molecule has 2 aromatic carbocycles. The summed E-state index contributed by atoms with van der Waals surface area (Å²) in [5.74, 6) is 0.140. The Hall–Kier alpha value is -3.67. The number of hydrogen-bond donors (Lipinski definition) is 2. The van der Waals surface area contributed by atoms with Crippen LogP contribution in [0, 0.1) is 6.92 Å². The predicted octanol–water partition coefficient (Wildman–Crippen LogP) is 3.34. The molecule has 0 fully saturated rings. The van der Waals surface area contributed by atoms with Crippen molar-refractivity contribution in [2.24, 2.45) is 0 Å². The molecule has 3 rings (SSSR count). The van der Waals surface area contributed by atoms with Gasteiger partial charge in [0.1, 0.15) is 5.75 Å². The van der Waals surface area contributed by atoms with Gasteiger partial charge in [0, 0.05) is 24.6 Å². The van der Waals surface area contributed by atoms with Crippen LogP contribution >= 0.6 is 0 Å². The average Bonchev–Trinajstić information content (AvgIpc) is 2.73. The van der Waals surface area contributed by atoms with Gasteiger partial charge in [-0.15, -0.1) is 0 Å². The maximum Gasteiger partial charge on any atom is 0.262 e. The van der Waals surface area contributed by atoms with Crippen molar-refractivity contribution >= 4 is 17.5 Å². The SMILES string of the molecule is Cc1ccc(OCC(=O)Nc2ccccc2CNC(=O)c2cccnc2)cc1. The fourth-order valence-electron chi connectivity index (χ4n) is 2.54. The molecule has 0 bridgehead atoms. The maximum atomic E-state index is 12.2. The minimum Gasteiger partial charge on any atom is -0.484 e. The highest BCUT2D eigenvalue weighted by Gasteiger charge is 2.10. The van der Waals surface area contributed by atoms with Gasteiger partial charge in [0.05, 0.1) is 5.56 Å². The average molecular weight is 375 g/mol. The standard InChI is InChI=1S/C22H21N3O3/c1-16-8-10-19(11-9-16)28-15-21(26)25-20-7-3-2-5-17(20)14-24-22(27)18-6-4-12-23-13-18/h2-13H,14-15H2,1H3,(H,24,27)(H,25,26). The summed E-state index contributed by atoms with van der Waals surface area (Å²) in [4.78, 5) is 28.3. The zero-order chi connectivity index (χ0) is 19.8. The summed E-state index contributed by atoms with van der Waals surface area (Å²) < 4.78 is 5.50. The number of benzene rings is 2. The highest BCUT2D eigenvalue weighted by atomic mass is 16.5. The Morgan fingerprint density at radius 3 is 2.54 bits per heavy atom. The number of hydrogen-bond acceptors (Lipinski definition) is 4. The summed E-state index contributed by atoms with van der Waals surface area (Å²) in [6, 6.07) is 18.2. The summed E-state index contributed by atoms with van der Waals surface area (Å²) >= 11 is 0. The molecule has 0 saturated carbocycles. The van der Waals surface area contributed by atoms with E-state index in [1.165, 1.54) is 6.20 Å². The Bertz CT molecular complexity index is 941. The summed E-state index contributed by atoms with van der Waals surface area (Å²) in [7, 11) is 0. The third kappa shape index (κ3) is 5.41. The summed E-state index contributed by atoms with van der Waals surface area (Å²) in [6.45, 7) is 2.17. The summed E-state index contributed by atoms with van der Waals surface area (Å²) in [6.07, 6.45) is 3.12. The van der Waals surface area contributed by atoms with E-state index in [1.807, 2.05) is 49.4 Å². The molecule has 2 N–H and O–H groups in total. The molecule has 1 heterocycles. The van der Waals surface area contributed by atoms with E-state index in [4.69, 9.17) is 4.74 Å². The van der Waals surface area contributed by atoms with E-state index in [0.717, 1.165) is 11.1 Å². The lowest BCUT2D eigenvalue weighted by atomic mass is 10.1. The first-order valence-electron chi connectivity index (χ1n) is 8.87. The fraction of sp³-hybridized carbons (Fsp3) is 0.136. The molecule has 142 valence electrons. The fourth-order valence-corrected chi connectivity index (χ4v) is 2.54. The van der Waals surface area contributed by atoms with E-state index in [1.54, 1.807) is 24.4 Å². The molecular formula is C22H21N3O3. The van der Waals surface area contributed by atoms with Crippen molar-refractivity contribution in [2.45, 2.75) is 13.5 Å². The lowest BCUT2D eigenvalue weighted by Crippen LogP contribution is -2.25. The number of para-hydroxylation sites is 1. The number of ether oxygens (including phenoxy) is 1. The Balaban J connectivity index is 1.56. The van der Waals surface area contributed by atoms with Gasteiger partial charge in [0.2, 0.25) is 0 Å². The van der Waals surface area contributed by atoms with Crippen molar-refractivity contribution in [3.05, 3.63) is 89.7 Å². The summed E-state index contributed by atoms with van der Waals surface area (Å²) in [5.41, 5.74) is 3.03. The lowest BCUT2D eigenvalue weighted by Gasteiger charge is -2.12. The molecular weight excluding hydrogens is 354 g/mol. The molecule has 0 aliphatic rings. The molecule has 0 aliphatic heterocycles. The number of carbonyl (C=O) groups excluding carboxylic acids is 2. The van der Waals surface area contributed by atoms with Crippen LogP contribution in [0.25, 0.3) is 0 Å². The zero-order valence-electron chi connectivity index (χ0n) is 15.5. The highest BCUT2D eigenvalue weighted by molar-refractivity contribution is 5.94. The molecule has 6 heteroatoms. The summed E-state index contributed by atoms with van der Waals surface area (Å²) in [5, 5.41) is 5.66.